The van der Waals surface area contributed by atoms with Crippen LogP contribution < -0.4 is 5.73 Å². The average Bonchev–Trinajstić information content (AvgIpc) is 2.76. The van der Waals surface area contributed by atoms with Gasteiger partial charge in [0.15, 0.2) is 0 Å². The van der Waals surface area contributed by atoms with E-state index in [9.17, 15) is 0 Å². The minimum absolute atomic E-state index is 0.159. The molecule has 8 heteroatoms. The molecule has 0 heterocycles. The molecule has 0 saturated heterocycles. The maximum Gasteiger partial charge on any atom is 0.104 e. The minimum Gasteiger partial charge on any atom is -0.381 e. The summed E-state index contributed by atoms with van der Waals surface area (Å²) < 4.78 is 40.0. The lowest BCUT2D eigenvalue weighted by molar-refractivity contribution is -0.0926. The lowest BCUT2D eigenvalue weighted by Gasteiger charge is -2.23. The quantitative estimate of drug-likeness (QED) is 0.230. The van der Waals surface area contributed by atoms with Gasteiger partial charge in [0.05, 0.1) is 52.9 Å². The molecule has 2 N–H and O–H groups in total. The Kier molecular flexibility index (Phi) is 23.1. The van der Waals surface area contributed by atoms with E-state index in [4.69, 9.17) is 38.9 Å². The highest BCUT2D eigenvalue weighted by Gasteiger charge is 2.17. The van der Waals surface area contributed by atoms with Gasteiger partial charge in [-0.15, -0.1) is 0 Å². The highest BCUT2D eigenvalue weighted by atomic mass is 16.6. The predicted molar refractivity (Wildman–Crippen MR) is 118 cm³/mol. The standard InChI is InChI=1S/C22H47NO7/c1-5-24-12-20(13-25-6-2)16-29-19-22(18-28-11-9-10-23)30-17-21(14-26-7-3)15-27-8-4/h20-22H,5-19,23H2,1-4H3. The first kappa shape index (κ1) is 29.7. The number of hydrogen-bond donors (Lipinski definition) is 1. The van der Waals surface area contributed by atoms with Crippen molar-refractivity contribution in [1.29, 1.82) is 0 Å². The molecule has 8 nitrogen and oxygen atoms in total. The van der Waals surface area contributed by atoms with E-state index >= 15 is 0 Å². The van der Waals surface area contributed by atoms with E-state index in [0.29, 0.717) is 92.4 Å². The van der Waals surface area contributed by atoms with Gasteiger partial charge < -0.3 is 38.9 Å². The van der Waals surface area contributed by atoms with Crippen molar-refractivity contribution in [2.75, 3.05) is 92.4 Å². The van der Waals surface area contributed by atoms with Gasteiger partial charge in [-0.1, -0.05) is 0 Å². The fraction of sp³-hybridized carbons (Fsp3) is 1.00. The summed E-state index contributed by atoms with van der Waals surface area (Å²) in [5.74, 6) is 0.382. The Morgan fingerprint density at radius 3 is 1.43 bits per heavy atom. The maximum atomic E-state index is 6.12. The van der Waals surface area contributed by atoms with Crippen molar-refractivity contribution in [3.8, 4) is 0 Å². The zero-order chi connectivity index (χ0) is 22.3. The fourth-order valence-corrected chi connectivity index (χ4v) is 2.61. The monoisotopic (exact) mass is 437 g/mol. The van der Waals surface area contributed by atoms with Gasteiger partial charge in [-0.25, -0.2) is 0 Å². The van der Waals surface area contributed by atoms with Crippen LogP contribution in [-0.4, -0.2) is 98.5 Å². The van der Waals surface area contributed by atoms with Crippen LogP contribution in [0.1, 0.15) is 34.1 Å². The molecule has 0 aromatic carbocycles. The Morgan fingerprint density at radius 1 is 0.533 bits per heavy atom. The topological polar surface area (TPSA) is 90.6 Å². The van der Waals surface area contributed by atoms with Gasteiger partial charge in [-0.05, 0) is 40.7 Å². The molecule has 0 radical (unpaired) electrons. The first-order valence-electron chi connectivity index (χ1n) is 11.5. The summed E-state index contributed by atoms with van der Waals surface area (Å²) in [6.07, 6.45) is 0.670. The van der Waals surface area contributed by atoms with Gasteiger partial charge >= 0.3 is 0 Å². The van der Waals surface area contributed by atoms with Gasteiger partial charge in [0.1, 0.15) is 6.10 Å². The molecule has 0 aliphatic carbocycles. The molecule has 0 spiro atoms. The summed E-state index contributed by atoms with van der Waals surface area (Å²) in [7, 11) is 0. The fourth-order valence-electron chi connectivity index (χ4n) is 2.61. The smallest absolute Gasteiger partial charge is 0.104 e. The largest absolute Gasteiger partial charge is 0.381 e. The van der Waals surface area contributed by atoms with E-state index in [0.717, 1.165) is 6.42 Å². The molecule has 1 atom stereocenters. The zero-order valence-corrected chi connectivity index (χ0v) is 19.8. The summed E-state index contributed by atoms with van der Waals surface area (Å²) in [5.41, 5.74) is 5.54. The predicted octanol–water partition coefficient (Wildman–Crippen LogP) is 2.13. The molecule has 182 valence electrons. The molecule has 30 heavy (non-hydrogen) atoms. The van der Waals surface area contributed by atoms with Crippen LogP contribution in [0.25, 0.3) is 0 Å². The maximum absolute atomic E-state index is 6.12. The van der Waals surface area contributed by atoms with Gasteiger partial charge in [-0.2, -0.15) is 0 Å². The van der Waals surface area contributed by atoms with Crippen molar-refractivity contribution >= 4 is 0 Å². The molecule has 0 aromatic rings. The summed E-state index contributed by atoms with van der Waals surface area (Å²) in [4.78, 5) is 0. The van der Waals surface area contributed by atoms with Crippen LogP contribution in [0.2, 0.25) is 0 Å². The molecule has 0 amide bonds. The molecule has 0 rings (SSSR count). The summed E-state index contributed by atoms with van der Waals surface area (Å²) >= 11 is 0. The third kappa shape index (κ3) is 18.4. The van der Waals surface area contributed by atoms with Crippen LogP contribution in [0.15, 0.2) is 0 Å². The molecular weight excluding hydrogens is 390 g/mol. The molecule has 0 fully saturated rings. The van der Waals surface area contributed by atoms with Gasteiger partial charge in [0.2, 0.25) is 0 Å². The van der Waals surface area contributed by atoms with Gasteiger partial charge in [0.25, 0.3) is 0 Å². The van der Waals surface area contributed by atoms with E-state index in [-0.39, 0.29) is 17.9 Å². The summed E-state index contributed by atoms with van der Waals surface area (Å²) in [6.45, 7) is 16.4. The highest BCUT2D eigenvalue weighted by Crippen LogP contribution is 2.07. The first-order valence-corrected chi connectivity index (χ1v) is 11.5. The first-order chi connectivity index (χ1) is 14.7. The summed E-state index contributed by atoms with van der Waals surface area (Å²) in [6, 6.07) is 0. The third-order valence-electron chi connectivity index (χ3n) is 4.25. The van der Waals surface area contributed by atoms with Crippen LogP contribution in [0.4, 0.5) is 0 Å². The Bertz CT molecular complexity index is 321. The van der Waals surface area contributed by atoms with Crippen LogP contribution >= 0.6 is 0 Å². The molecule has 0 aliphatic heterocycles. The van der Waals surface area contributed by atoms with Crippen LogP contribution in [0.3, 0.4) is 0 Å². The van der Waals surface area contributed by atoms with Crippen molar-refractivity contribution in [1.82, 2.24) is 0 Å². The van der Waals surface area contributed by atoms with Crippen molar-refractivity contribution in [2.24, 2.45) is 17.6 Å². The summed E-state index contributed by atoms with van der Waals surface area (Å²) in [5, 5.41) is 0. The lowest BCUT2D eigenvalue weighted by Crippen LogP contribution is -2.32. The number of ether oxygens (including phenoxy) is 7. The molecule has 0 aromatic heterocycles. The Balaban J connectivity index is 4.52. The molecule has 0 bridgehead atoms. The van der Waals surface area contributed by atoms with Crippen molar-refractivity contribution in [3.05, 3.63) is 0 Å². The molecule has 1 unspecified atom stereocenters. The molecule has 0 saturated carbocycles. The van der Waals surface area contributed by atoms with Crippen molar-refractivity contribution in [2.45, 2.75) is 40.2 Å². The normalized spacial score (nSPS) is 12.9. The van der Waals surface area contributed by atoms with Crippen molar-refractivity contribution < 1.29 is 33.2 Å². The van der Waals surface area contributed by atoms with E-state index in [1.807, 2.05) is 27.7 Å². The highest BCUT2D eigenvalue weighted by molar-refractivity contribution is 4.63. The SMILES string of the molecule is CCOCC(COCC)COCC(COCCCN)OCC(COCC)COCC. The Hall–Kier alpha value is -0.320. The second kappa shape index (κ2) is 23.3. The van der Waals surface area contributed by atoms with Gasteiger partial charge in [0, 0.05) is 44.9 Å². The van der Waals surface area contributed by atoms with E-state index in [2.05, 4.69) is 0 Å². The van der Waals surface area contributed by atoms with Crippen molar-refractivity contribution in [3.63, 3.8) is 0 Å². The third-order valence-corrected chi connectivity index (χ3v) is 4.25. The number of nitrogens with two attached hydrogens (primary N) is 1. The average molecular weight is 438 g/mol. The number of hydrogen-bond acceptors (Lipinski definition) is 8. The van der Waals surface area contributed by atoms with E-state index in [1.54, 1.807) is 0 Å². The second-order valence-electron chi connectivity index (χ2n) is 7.08. The lowest BCUT2D eigenvalue weighted by atomic mass is 10.2. The number of rotatable bonds is 24. The van der Waals surface area contributed by atoms with Crippen LogP contribution in [-0.2, 0) is 33.2 Å². The van der Waals surface area contributed by atoms with Crippen LogP contribution in [0, 0.1) is 11.8 Å². The Labute approximate surface area is 184 Å². The Morgan fingerprint density at radius 2 is 0.967 bits per heavy atom. The van der Waals surface area contributed by atoms with E-state index < -0.39 is 0 Å². The molecule has 0 aliphatic rings. The minimum atomic E-state index is -0.159. The second-order valence-corrected chi connectivity index (χ2v) is 7.08. The molecular formula is C22H47NO7. The van der Waals surface area contributed by atoms with E-state index in [1.165, 1.54) is 0 Å². The van der Waals surface area contributed by atoms with Gasteiger partial charge in [-0.3, -0.25) is 0 Å². The van der Waals surface area contributed by atoms with Crippen LogP contribution in [0.5, 0.6) is 0 Å². The zero-order valence-electron chi connectivity index (χ0n) is 19.8.